The summed E-state index contributed by atoms with van der Waals surface area (Å²) >= 11 is 0. The van der Waals surface area contributed by atoms with Gasteiger partial charge in [0, 0.05) is 17.3 Å². The highest BCUT2D eigenvalue weighted by molar-refractivity contribution is 6.03. The summed E-state index contributed by atoms with van der Waals surface area (Å²) in [5, 5.41) is 9.27. The Morgan fingerprint density at radius 2 is 1.58 bits per heavy atom. The molecule has 2 fully saturated rings. The first-order valence-electron chi connectivity index (χ1n) is 12.1. The maximum absolute atomic E-state index is 14.9. The average molecular weight is 458 g/mol. The number of carbonyl (C=O) groups is 1. The van der Waals surface area contributed by atoms with E-state index in [0.717, 1.165) is 63.0 Å². The number of aromatic nitrogens is 3. The number of hydrogen-bond donors (Lipinski definition) is 3. The van der Waals surface area contributed by atoms with Crippen LogP contribution in [0.4, 0.5) is 14.6 Å². The van der Waals surface area contributed by atoms with Crippen LogP contribution in [-0.4, -0.2) is 21.1 Å². The second-order valence-electron chi connectivity index (χ2n) is 9.46. The Hall–Kier alpha value is -2.77. The van der Waals surface area contributed by atoms with E-state index in [2.05, 4.69) is 20.5 Å². The molecule has 2 aromatic rings. The van der Waals surface area contributed by atoms with Gasteiger partial charge in [-0.25, -0.2) is 9.37 Å². The Balaban J connectivity index is 1.62. The van der Waals surface area contributed by atoms with Crippen LogP contribution in [0.1, 0.15) is 75.6 Å². The molecule has 0 atom stereocenters. The summed E-state index contributed by atoms with van der Waals surface area (Å²) in [5.41, 5.74) is 8.78. The SMILES string of the molecule is Cc1n[nH]c(C)c1-c1c(F)cc(NC(=O)C(N)=C(C2CCCCC2)C2CCCCC2)nc1F. The topological polar surface area (TPSA) is 96.7 Å². The fraction of sp³-hybridized carbons (Fsp3) is 0.560. The van der Waals surface area contributed by atoms with Gasteiger partial charge in [0.1, 0.15) is 11.6 Å². The lowest BCUT2D eigenvalue weighted by Crippen LogP contribution is -2.29. The highest BCUT2D eigenvalue weighted by Gasteiger charge is 2.30. The van der Waals surface area contributed by atoms with Crippen LogP contribution >= 0.6 is 0 Å². The zero-order valence-corrected chi connectivity index (χ0v) is 19.4. The number of rotatable bonds is 5. The summed E-state index contributed by atoms with van der Waals surface area (Å²) in [5.74, 6) is -1.91. The second-order valence-corrected chi connectivity index (χ2v) is 9.46. The molecule has 2 saturated carbocycles. The predicted octanol–water partition coefficient (Wildman–Crippen LogP) is 5.68. The Morgan fingerprint density at radius 3 is 2.06 bits per heavy atom. The first-order valence-corrected chi connectivity index (χ1v) is 12.1. The molecule has 4 N–H and O–H groups in total. The van der Waals surface area contributed by atoms with Crippen LogP contribution in [0.15, 0.2) is 17.3 Å². The highest BCUT2D eigenvalue weighted by Crippen LogP contribution is 2.40. The standard InChI is InChI=1S/C25H33F2N5O/c1-14-20(15(2)32-31-14)22-18(26)13-19(29-24(22)27)30-25(33)23(28)21(16-9-5-3-6-10-16)17-11-7-4-8-12-17/h13,16-17H,3-12,28H2,1-2H3,(H,31,32)(H,29,30,33). The molecule has 0 unspecified atom stereocenters. The van der Waals surface area contributed by atoms with Gasteiger partial charge in [0.15, 0.2) is 0 Å². The van der Waals surface area contributed by atoms with Gasteiger partial charge in [0.25, 0.3) is 5.91 Å². The van der Waals surface area contributed by atoms with Crippen LogP contribution in [-0.2, 0) is 4.79 Å². The van der Waals surface area contributed by atoms with E-state index in [4.69, 9.17) is 5.73 Å². The summed E-state index contributed by atoms with van der Waals surface area (Å²) in [4.78, 5) is 16.9. The third-order valence-electron chi connectivity index (χ3n) is 7.19. The lowest BCUT2D eigenvalue weighted by atomic mass is 9.73. The molecule has 33 heavy (non-hydrogen) atoms. The highest BCUT2D eigenvalue weighted by atomic mass is 19.1. The summed E-state index contributed by atoms with van der Waals surface area (Å²) in [6, 6.07) is 1.04. The number of amides is 1. The van der Waals surface area contributed by atoms with Crippen molar-refractivity contribution in [1.29, 1.82) is 0 Å². The van der Waals surface area contributed by atoms with Gasteiger partial charge in [-0.1, -0.05) is 38.5 Å². The van der Waals surface area contributed by atoms with Gasteiger partial charge in [-0.05, 0) is 56.9 Å². The van der Waals surface area contributed by atoms with E-state index >= 15 is 0 Å². The first-order chi connectivity index (χ1) is 15.9. The van der Waals surface area contributed by atoms with Crippen molar-refractivity contribution in [3.63, 3.8) is 0 Å². The van der Waals surface area contributed by atoms with Crippen LogP contribution in [0, 0.1) is 37.4 Å². The number of nitrogens with zero attached hydrogens (tertiary/aromatic N) is 2. The van der Waals surface area contributed by atoms with Gasteiger partial charge in [-0.3, -0.25) is 9.89 Å². The number of pyridine rings is 1. The molecule has 0 bridgehead atoms. The number of nitrogens with two attached hydrogens (primary N) is 1. The summed E-state index contributed by atoms with van der Waals surface area (Å²) in [6.45, 7) is 3.35. The largest absolute Gasteiger partial charge is 0.394 e. The van der Waals surface area contributed by atoms with Crippen molar-refractivity contribution in [2.45, 2.75) is 78.1 Å². The van der Waals surface area contributed by atoms with Gasteiger partial charge in [-0.2, -0.15) is 9.49 Å². The number of halogens is 2. The molecule has 0 saturated heterocycles. The van der Waals surface area contributed by atoms with Gasteiger partial charge >= 0.3 is 0 Å². The quantitative estimate of drug-likeness (QED) is 0.398. The van der Waals surface area contributed by atoms with Crippen molar-refractivity contribution in [1.82, 2.24) is 15.2 Å². The van der Waals surface area contributed by atoms with Gasteiger partial charge in [-0.15, -0.1) is 0 Å². The van der Waals surface area contributed by atoms with Gasteiger partial charge in [0.05, 0.1) is 17.0 Å². The first kappa shape index (κ1) is 23.4. The smallest absolute Gasteiger partial charge is 0.272 e. The number of carbonyl (C=O) groups excluding carboxylic acids is 1. The minimum atomic E-state index is -1.000. The lowest BCUT2D eigenvalue weighted by Gasteiger charge is -2.33. The lowest BCUT2D eigenvalue weighted by molar-refractivity contribution is -0.113. The molecule has 0 aliphatic heterocycles. The van der Waals surface area contributed by atoms with E-state index in [1.54, 1.807) is 13.8 Å². The molecular formula is C25H33F2N5O. The number of aryl methyl sites for hydroxylation is 2. The average Bonchev–Trinajstić information content (AvgIpc) is 3.13. The summed E-state index contributed by atoms with van der Waals surface area (Å²) in [6.07, 6.45) is 11.2. The van der Waals surface area contributed by atoms with E-state index in [1.165, 1.54) is 12.8 Å². The van der Waals surface area contributed by atoms with E-state index < -0.39 is 17.7 Å². The predicted molar refractivity (Wildman–Crippen MR) is 124 cm³/mol. The molecule has 1 amide bonds. The summed E-state index contributed by atoms with van der Waals surface area (Å²) < 4.78 is 29.7. The van der Waals surface area contributed by atoms with Crippen molar-refractivity contribution >= 4 is 11.7 Å². The van der Waals surface area contributed by atoms with Crippen molar-refractivity contribution in [3.05, 3.63) is 40.5 Å². The van der Waals surface area contributed by atoms with Crippen molar-refractivity contribution in [3.8, 4) is 11.1 Å². The second kappa shape index (κ2) is 10.0. The molecule has 2 aromatic heterocycles. The minimum absolute atomic E-state index is 0.188. The normalized spacial score (nSPS) is 17.7. The Kier molecular flexibility index (Phi) is 7.10. The fourth-order valence-electron chi connectivity index (χ4n) is 5.61. The third kappa shape index (κ3) is 4.94. The molecule has 2 heterocycles. The number of allylic oxidation sites excluding steroid dienone is 1. The minimum Gasteiger partial charge on any atom is -0.394 e. The number of nitrogens with one attached hydrogen (secondary N) is 2. The van der Waals surface area contributed by atoms with E-state index in [9.17, 15) is 13.6 Å². The zero-order valence-electron chi connectivity index (χ0n) is 19.4. The van der Waals surface area contributed by atoms with Crippen molar-refractivity contribution in [2.75, 3.05) is 5.32 Å². The Morgan fingerprint density at radius 1 is 1.00 bits per heavy atom. The van der Waals surface area contributed by atoms with Crippen LogP contribution in [0.2, 0.25) is 0 Å². The molecule has 0 aromatic carbocycles. The number of aromatic amines is 1. The monoisotopic (exact) mass is 457 g/mol. The Bertz CT molecular complexity index is 987. The molecule has 0 radical (unpaired) electrons. The number of anilines is 1. The fourth-order valence-corrected chi connectivity index (χ4v) is 5.61. The van der Waals surface area contributed by atoms with E-state index in [0.29, 0.717) is 28.8 Å². The number of H-pyrrole nitrogens is 1. The molecule has 2 aliphatic carbocycles. The van der Waals surface area contributed by atoms with Crippen LogP contribution in [0.3, 0.4) is 0 Å². The van der Waals surface area contributed by atoms with Crippen LogP contribution < -0.4 is 11.1 Å². The van der Waals surface area contributed by atoms with E-state index in [1.807, 2.05) is 0 Å². The molecule has 6 nitrogen and oxygen atoms in total. The third-order valence-corrected chi connectivity index (χ3v) is 7.19. The van der Waals surface area contributed by atoms with Crippen LogP contribution in [0.25, 0.3) is 11.1 Å². The van der Waals surface area contributed by atoms with Gasteiger partial charge < -0.3 is 11.1 Å². The molecule has 178 valence electrons. The molecule has 0 spiro atoms. The molecular weight excluding hydrogens is 424 g/mol. The molecule has 4 rings (SSSR count). The zero-order chi connectivity index (χ0) is 23.5. The van der Waals surface area contributed by atoms with Crippen molar-refractivity contribution < 1.29 is 13.6 Å². The maximum atomic E-state index is 14.9. The number of hydrogen-bond acceptors (Lipinski definition) is 4. The maximum Gasteiger partial charge on any atom is 0.272 e. The molecule has 8 heteroatoms. The van der Waals surface area contributed by atoms with Crippen molar-refractivity contribution in [2.24, 2.45) is 17.6 Å². The van der Waals surface area contributed by atoms with Gasteiger partial charge in [0.2, 0.25) is 5.95 Å². The summed E-state index contributed by atoms with van der Waals surface area (Å²) in [7, 11) is 0. The molecule has 2 aliphatic rings. The van der Waals surface area contributed by atoms with E-state index in [-0.39, 0.29) is 17.1 Å². The van der Waals surface area contributed by atoms with Crippen LogP contribution in [0.5, 0.6) is 0 Å². The Labute approximate surface area is 193 Å².